The molecule has 0 amide bonds. The minimum Gasteiger partial charge on any atom is -0.485 e. The van der Waals surface area contributed by atoms with Crippen molar-refractivity contribution in [1.29, 1.82) is 0 Å². The molecule has 14 heteroatoms. The van der Waals surface area contributed by atoms with E-state index in [1.807, 2.05) is 0 Å². The Balaban J connectivity index is 1.59. The van der Waals surface area contributed by atoms with Crippen LogP contribution in [0, 0.1) is 5.82 Å². The van der Waals surface area contributed by atoms with Crippen LogP contribution in [0.1, 0.15) is 18.9 Å². The van der Waals surface area contributed by atoms with E-state index in [1.54, 1.807) is 6.92 Å². The summed E-state index contributed by atoms with van der Waals surface area (Å²) in [4.78, 5) is 0.597. The smallest absolute Gasteiger partial charge is 0.419 e. The van der Waals surface area contributed by atoms with E-state index in [2.05, 4.69) is 26.0 Å². The standard InChI is InChI=1S/C22H18BrClF4N2O3S3/c1-21(6-7-29-11-21)33-18-8-12(2-4-14(18)22(26,27)28)30-36(31,32)19-10-15(23)20(35-19)34-13-3-5-17(25)16(24)9-13/h2-5,8-10,29-30H,6-7,11H2,1H3/t21-/m1/s1. The van der Waals surface area contributed by atoms with E-state index >= 15 is 0 Å². The van der Waals surface area contributed by atoms with Crippen molar-refractivity contribution in [2.24, 2.45) is 0 Å². The molecule has 2 N–H and O–H groups in total. The molecule has 1 aliphatic rings. The first-order valence-electron chi connectivity index (χ1n) is 10.3. The van der Waals surface area contributed by atoms with E-state index in [-0.39, 0.29) is 14.9 Å². The zero-order valence-corrected chi connectivity index (χ0v) is 23.2. The van der Waals surface area contributed by atoms with Gasteiger partial charge in [-0.2, -0.15) is 13.2 Å². The highest BCUT2D eigenvalue weighted by Gasteiger charge is 2.38. The Morgan fingerprint density at radius 2 is 1.97 bits per heavy atom. The van der Waals surface area contributed by atoms with Gasteiger partial charge in [-0.3, -0.25) is 4.72 Å². The number of anilines is 1. The third-order valence-electron chi connectivity index (χ3n) is 5.22. The van der Waals surface area contributed by atoms with E-state index in [0.29, 0.717) is 33.1 Å². The quantitative estimate of drug-likeness (QED) is 0.262. The molecule has 2 aromatic carbocycles. The molecule has 0 saturated carbocycles. The molecular weight excluding hydrogens is 628 g/mol. The highest BCUT2D eigenvalue weighted by molar-refractivity contribution is 9.10. The molecule has 4 rings (SSSR count). The van der Waals surface area contributed by atoms with E-state index in [0.717, 1.165) is 29.5 Å². The van der Waals surface area contributed by atoms with Crippen molar-refractivity contribution < 1.29 is 30.7 Å². The van der Waals surface area contributed by atoms with Crippen LogP contribution in [0.5, 0.6) is 5.75 Å². The monoisotopic (exact) mass is 644 g/mol. The van der Waals surface area contributed by atoms with Gasteiger partial charge in [-0.25, -0.2) is 12.8 Å². The van der Waals surface area contributed by atoms with Crippen LogP contribution in [0.15, 0.2) is 60.3 Å². The molecule has 1 saturated heterocycles. The van der Waals surface area contributed by atoms with Crippen molar-refractivity contribution >= 4 is 66.3 Å². The molecule has 0 bridgehead atoms. The van der Waals surface area contributed by atoms with Crippen LogP contribution in [-0.2, 0) is 16.2 Å². The molecule has 2 heterocycles. The second-order valence-corrected chi connectivity index (χ2v) is 13.7. The molecule has 36 heavy (non-hydrogen) atoms. The average molecular weight is 646 g/mol. The first kappa shape index (κ1) is 27.5. The molecule has 0 radical (unpaired) electrons. The van der Waals surface area contributed by atoms with E-state index < -0.39 is 38.9 Å². The molecule has 0 spiro atoms. The average Bonchev–Trinajstić information content (AvgIpc) is 3.36. The molecule has 0 aliphatic carbocycles. The van der Waals surface area contributed by atoms with Crippen molar-refractivity contribution in [2.45, 2.75) is 38.4 Å². The van der Waals surface area contributed by atoms with E-state index in [9.17, 15) is 26.0 Å². The number of nitrogens with one attached hydrogen (secondary N) is 2. The SMILES string of the molecule is C[C@@]1(Oc2cc(NS(=O)(=O)c3cc(Br)c(Sc4ccc(F)c(Cl)c4)s3)ccc2C(F)(F)F)CCNC1. The summed E-state index contributed by atoms with van der Waals surface area (Å²) in [5.41, 5.74) is -1.92. The van der Waals surface area contributed by atoms with Crippen LogP contribution in [0.2, 0.25) is 5.02 Å². The molecule has 1 aromatic heterocycles. The Morgan fingerprint density at radius 3 is 2.61 bits per heavy atom. The molecule has 1 aliphatic heterocycles. The Morgan fingerprint density at radius 1 is 1.22 bits per heavy atom. The number of ether oxygens (including phenoxy) is 1. The largest absolute Gasteiger partial charge is 0.485 e. The minimum absolute atomic E-state index is 0.0650. The third kappa shape index (κ3) is 6.30. The normalized spacial score (nSPS) is 18.4. The maximum atomic E-state index is 13.6. The van der Waals surface area contributed by atoms with Gasteiger partial charge in [-0.05, 0) is 65.8 Å². The predicted octanol–water partition coefficient (Wildman–Crippen LogP) is 7.40. The molecule has 1 atom stereocenters. The van der Waals surface area contributed by atoms with Crippen LogP contribution in [-0.4, -0.2) is 27.1 Å². The topological polar surface area (TPSA) is 67.4 Å². The van der Waals surface area contributed by atoms with Crippen LogP contribution in [0.3, 0.4) is 0 Å². The number of hydrogen-bond donors (Lipinski definition) is 2. The van der Waals surface area contributed by atoms with Crippen molar-refractivity contribution in [3.05, 3.63) is 63.3 Å². The third-order valence-corrected chi connectivity index (χ3v) is 10.8. The lowest BCUT2D eigenvalue weighted by molar-refractivity contribution is -0.139. The molecule has 194 valence electrons. The minimum atomic E-state index is -4.68. The first-order valence-corrected chi connectivity index (χ1v) is 14.6. The zero-order chi connectivity index (χ0) is 26.3. The van der Waals surface area contributed by atoms with Gasteiger partial charge in [0.25, 0.3) is 10.0 Å². The van der Waals surface area contributed by atoms with Gasteiger partial charge in [-0.15, -0.1) is 11.3 Å². The van der Waals surface area contributed by atoms with Gasteiger partial charge in [0.05, 0.1) is 20.5 Å². The molecule has 0 unspecified atom stereocenters. The van der Waals surface area contributed by atoms with Gasteiger partial charge >= 0.3 is 6.18 Å². The van der Waals surface area contributed by atoms with Gasteiger partial charge in [0.2, 0.25) is 0 Å². The number of hydrogen-bond acceptors (Lipinski definition) is 6. The van der Waals surface area contributed by atoms with Crippen molar-refractivity contribution in [3.63, 3.8) is 0 Å². The maximum absolute atomic E-state index is 13.6. The van der Waals surface area contributed by atoms with Gasteiger partial charge in [0.1, 0.15) is 21.4 Å². The predicted molar refractivity (Wildman–Crippen MR) is 136 cm³/mol. The fourth-order valence-electron chi connectivity index (χ4n) is 3.44. The number of halogens is 6. The van der Waals surface area contributed by atoms with E-state index in [1.165, 1.54) is 36.0 Å². The maximum Gasteiger partial charge on any atom is 0.419 e. The summed E-state index contributed by atoms with van der Waals surface area (Å²) in [5.74, 6) is -1.03. The summed E-state index contributed by atoms with van der Waals surface area (Å²) in [7, 11) is -4.14. The summed E-state index contributed by atoms with van der Waals surface area (Å²) < 4.78 is 89.3. The van der Waals surface area contributed by atoms with Gasteiger partial charge in [-0.1, -0.05) is 23.4 Å². The summed E-state index contributed by atoms with van der Waals surface area (Å²) in [5, 5.41) is 2.98. The number of sulfonamides is 1. The summed E-state index contributed by atoms with van der Waals surface area (Å²) >= 11 is 11.3. The lowest BCUT2D eigenvalue weighted by Gasteiger charge is -2.27. The highest BCUT2D eigenvalue weighted by atomic mass is 79.9. The lowest BCUT2D eigenvalue weighted by atomic mass is 10.1. The second kappa shape index (κ2) is 10.3. The van der Waals surface area contributed by atoms with Crippen molar-refractivity contribution in [3.8, 4) is 5.75 Å². The lowest BCUT2D eigenvalue weighted by Crippen LogP contribution is -2.35. The molecule has 5 nitrogen and oxygen atoms in total. The number of thiophene rings is 1. The summed E-state index contributed by atoms with van der Waals surface area (Å²) in [6, 6.07) is 8.40. The molecule has 1 fully saturated rings. The molecular formula is C22H18BrClF4N2O3S3. The summed E-state index contributed by atoms with van der Waals surface area (Å²) in [6.07, 6.45) is -4.17. The Hall–Kier alpha value is -1.51. The fourth-order valence-corrected chi connectivity index (χ4v) is 8.41. The van der Waals surface area contributed by atoms with Gasteiger partial charge in [0.15, 0.2) is 0 Å². The van der Waals surface area contributed by atoms with Crippen molar-refractivity contribution in [2.75, 3.05) is 17.8 Å². The van der Waals surface area contributed by atoms with Crippen LogP contribution >= 0.6 is 50.6 Å². The first-order chi connectivity index (χ1) is 16.8. The van der Waals surface area contributed by atoms with Gasteiger partial charge in [0, 0.05) is 28.4 Å². The zero-order valence-electron chi connectivity index (χ0n) is 18.4. The number of benzene rings is 2. The highest BCUT2D eigenvalue weighted by Crippen LogP contribution is 2.43. The van der Waals surface area contributed by atoms with Gasteiger partial charge < -0.3 is 10.1 Å². The summed E-state index contributed by atoms with van der Waals surface area (Å²) in [6.45, 7) is 2.66. The number of rotatable bonds is 7. The number of alkyl halides is 3. The van der Waals surface area contributed by atoms with E-state index in [4.69, 9.17) is 16.3 Å². The van der Waals surface area contributed by atoms with Crippen LogP contribution in [0.25, 0.3) is 0 Å². The fraction of sp³-hybridized carbons (Fsp3) is 0.273. The van der Waals surface area contributed by atoms with Crippen LogP contribution in [0.4, 0.5) is 23.2 Å². The Labute approximate surface area is 226 Å². The van der Waals surface area contributed by atoms with Crippen LogP contribution < -0.4 is 14.8 Å². The molecule has 3 aromatic rings. The van der Waals surface area contributed by atoms with Crippen molar-refractivity contribution in [1.82, 2.24) is 5.32 Å². The second-order valence-electron chi connectivity index (χ2n) is 8.17. The Kier molecular flexibility index (Phi) is 7.90. The Bertz CT molecular complexity index is 1390.